The molecule has 9 heteroatoms. The molecule has 0 unspecified atom stereocenters. The van der Waals surface area contributed by atoms with Crippen molar-refractivity contribution >= 4 is 17.5 Å². The van der Waals surface area contributed by atoms with Crippen LogP contribution in [0.2, 0.25) is 0 Å². The van der Waals surface area contributed by atoms with Crippen molar-refractivity contribution < 1.29 is 19.4 Å². The predicted octanol–water partition coefficient (Wildman–Crippen LogP) is 0.777. The SMILES string of the molecule is Nc1nnc(-c2cccc(F)c2O)cc1N1CCN(CC(=O)O)CC1. The van der Waals surface area contributed by atoms with Crippen molar-refractivity contribution in [3.8, 4) is 17.0 Å². The molecule has 2 aromatic rings. The largest absolute Gasteiger partial charge is 0.504 e. The number of rotatable bonds is 4. The van der Waals surface area contributed by atoms with E-state index in [1.165, 1.54) is 6.07 Å². The molecule has 132 valence electrons. The number of aromatic nitrogens is 2. The molecule has 0 aliphatic carbocycles. The second kappa shape index (κ2) is 6.89. The number of halogens is 1. The lowest BCUT2D eigenvalue weighted by atomic mass is 10.1. The smallest absolute Gasteiger partial charge is 0.317 e. The molecule has 1 aliphatic heterocycles. The Morgan fingerprint density at radius 2 is 1.96 bits per heavy atom. The zero-order valence-electron chi connectivity index (χ0n) is 13.4. The Bertz CT molecular complexity index is 793. The van der Waals surface area contributed by atoms with E-state index in [0.29, 0.717) is 37.6 Å². The lowest BCUT2D eigenvalue weighted by Crippen LogP contribution is -2.48. The lowest BCUT2D eigenvalue weighted by molar-refractivity contribution is -0.138. The van der Waals surface area contributed by atoms with Crippen LogP contribution in [-0.4, -0.2) is 64.0 Å². The molecule has 1 fully saturated rings. The van der Waals surface area contributed by atoms with E-state index in [1.54, 1.807) is 12.1 Å². The minimum absolute atomic E-state index is 0.000329. The molecule has 0 atom stereocenters. The van der Waals surface area contributed by atoms with Gasteiger partial charge in [0.15, 0.2) is 17.4 Å². The molecular formula is C16H18FN5O3. The van der Waals surface area contributed by atoms with Gasteiger partial charge in [-0.1, -0.05) is 6.07 Å². The lowest BCUT2D eigenvalue weighted by Gasteiger charge is -2.35. The number of carboxylic acid groups (broad SMARTS) is 1. The second-order valence-corrected chi connectivity index (χ2v) is 5.79. The van der Waals surface area contributed by atoms with E-state index >= 15 is 0 Å². The van der Waals surface area contributed by atoms with Crippen LogP contribution in [-0.2, 0) is 4.79 Å². The average molecular weight is 347 g/mol. The maximum atomic E-state index is 13.6. The number of para-hydroxylation sites is 1. The summed E-state index contributed by atoms with van der Waals surface area (Å²) in [4.78, 5) is 14.6. The van der Waals surface area contributed by atoms with Crippen molar-refractivity contribution in [2.24, 2.45) is 0 Å². The molecule has 8 nitrogen and oxygen atoms in total. The summed E-state index contributed by atoms with van der Waals surface area (Å²) in [6.45, 7) is 2.32. The zero-order valence-corrected chi connectivity index (χ0v) is 13.4. The summed E-state index contributed by atoms with van der Waals surface area (Å²) in [5, 5.41) is 26.6. The fourth-order valence-corrected chi connectivity index (χ4v) is 2.84. The van der Waals surface area contributed by atoms with Gasteiger partial charge in [0.1, 0.15) is 0 Å². The Labute approximate surface area is 143 Å². The van der Waals surface area contributed by atoms with Crippen LogP contribution in [0.25, 0.3) is 11.3 Å². The molecule has 25 heavy (non-hydrogen) atoms. The van der Waals surface area contributed by atoms with Gasteiger partial charge in [-0.05, 0) is 18.2 Å². The Balaban J connectivity index is 1.84. The molecule has 1 aromatic heterocycles. The molecule has 1 aromatic carbocycles. The first-order chi connectivity index (χ1) is 12.0. The number of hydrogen-bond donors (Lipinski definition) is 3. The van der Waals surface area contributed by atoms with Crippen molar-refractivity contribution in [2.45, 2.75) is 0 Å². The standard InChI is InChI=1S/C16H18FN5O3/c17-11-3-1-2-10(15(11)25)12-8-13(16(18)20-19-12)22-6-4-21(5-7-22)9-14(23)24/h1-3,8,25H,4-7,9H2,(H2,18,20)(H,23,24). The first-order valence-corrected chi connectivity index (χ1v) is 7.76. The predicted molar refractivity (Wildman–Crippen MR) is 89.8 cm³/mol. The van der Waals surface area contributed by atoms with Gasteiger partial charge in [-0.3, -0.25) is 9.69 Å². The van der Waals surface area contributed by atoms with Crippen LogP contribution in [0.3, 0.4) is 0 Å². The number of aliphatic carboxylic acids is 1. The maximum Gasteiger partial charge on any atom is 0.317 e. The molecule has 3 rings (SSSR count). The number of nitrogen functional groups attached to an aromatic ring is 1. The number of carboxylic acids is 1. The highest BCUT2D eigenvalue weighted by Crippen LogP contribution is 2.33. The maximum absolute atomic E-state index is 13.6. The van der Waals surface area contributed by atoms with Crippen molar-refractivity contribution in [3.63, 3.8) is 0 Å². The highest BCUT2D eigenvalue weighted by molar-refractivity contribution is 5.74. The molecule has 0 amide bonds. The van der Waals surface area contributed by atoms with Crippen LogP contribution in [0, 0.1) is 5.82 Å². The van der Waals surface area contributed by atoms with Crippen LogP contribution in [0.4, 0.5) is 15.9 Å². The fourth-order valence-electron chi connectivity index (χ4n) is 2.84. The molecule has 4 N–H and O–H groups in total. The quantitative estimate of drug-likeness (QED) is 0.743. The first-order valence-electron chi connectivity index (χ1n) is 7.76. The van der Waals surface area contributed by atoms with E-state index in [-0.39, 0.29) is 17.9 Å². The third-order valence-corrected chi connectivity index (χ3v) is 4.14. The number of nitrogens with zero attached hydrogens (tertiary/aromatic N) is 4. The van der Waals surface area contributed by atoms with Gasteiger partial charge in [-0.15, -0.1) is 10.2 Å². The molecule has 1 saturated heterocycles. The van der Waals surface area contributed by atoms with E-state index in [2.05, 4.69) is 10.2 Å². The monoisotopic (exact) mass is 347 g/mol. The molecule has 2 heterocycles. The van der Waals surface area contributed by atoms with E-state index in [9.17, 15) is 14.3 Å². The molecule has 0 bridgehead atoms. The number of phenols is 1. The normalized spacial score (nSPS) is 15.3. The van der Waals surface area contributed by atoms with Gasteiger partial charge in [0, 0.05) is 31.7 Å². The number of benzene rings is 1. The van der Waals surface area contributed by atoms with Gasteiger partial charge >= 0.3 is 5.97 Å². The second-order valence-electron chi connectivity index (χ2n) is 5.79. The highest BCUT2D eigenvalue weighted by atomic mass is 19.1. The van der Waals surface area contributed by atoms with Gasteiger partial charge in [-0.25, -0.2) is 4.39 Å². The number of phenolic OH excluding ortho intramolecular Hbond substituents is 1. The van der Waals surface area contributed by atoms with Gasteiger partial charge < -0.3 is 20.8 Å². The summed E-state index contributed by atoms with van der Waals surface area (Å²) in [7, 11) is 0. The van der Waals surface area contributed by atoms with Crippen molar-refractivity contribution in [2.75, 3.05) is 43.4 Å². The Kier molecular flexibility index (Phi) is 4.66. The number of aromatic hydroxyl groups is 1. The summed E-state index contributed by atoms with van der Waals surface area (Å²) < 4.78 is 13.6. The van der Waals surface area contributed by atoms with Crippen LogP contribution in [0.15, 0.2) is 24.3 Å². The van der Waals surface area contributed by atoms with E-state index in [1.807, 2.05) is 9.80 Å². The Morgan fingerprint density at radius 1 is 1.24 bits per heavy atom. The minimum atomic E-state index is -0.859. The van der Waals surface area contributed by atoms with Crippen LogP contribution < -0.4 is 10.6 Å². The minimum Gasteiger partial charge on any atom is -0.504 e. The van der Waals surface area contributed by atoms with Crippen LogP contribution in [0.5, 0.6) is 5.75 Å². The van der Waals surface area contributed by atoms with Crippen LogP contribution >= 0.6 is 0 Å². The Morgan fingerprint density at radius 3 is 2.64 bits per heavy atom. The first kappa shape index (κ1) is 16.9. The van der Waals surface area contributed by atoms with Gasteiger partial charge in [-0.2, -0.15) is 0 Å². The van der Waals surface area contributed by atoms with E-state index in [0.717, 1.165) is 6.07 Å². The van der Waals surface area contributed by atoms with Crippen molar-refractivity contribution in [1.82, 2.24) is 15.1 Å². The zero-order chi connectivity index (χ0) is 18.0. The summed E-state index contributed by atoms with van der Waals surface area (Å²) >= 11 is 0. The third-order valence-electron chi connectivity index (χ3n) is 4.14. The van der Waals surface area contributed by atoms with E-state index < -0.39 is 17.5 Å². The summed E-state index contributed by atoms with van der Waals surface area (Å²) in [5.74, 6) is -1.85. The number of piperazine rings is 1. The number of nitrogens with two attached hydrogens (primary N) is 1. The van der Waals surface area contributed by atoms with Gasteiger partial charge in [0.05, 0.1) is 17.9 Å². The number of anilines is 2. The fraction of sp³-hybridized carbons (Fsp3) is 0.312. The van der Waals surface area contributed by atoms with Gasteiger partial charge in [0.25, 0.3) is 0 Å². The number of carbonyl (C=O) groups is 1. The van der Waals surface area contributed by atoms with Crippen molar-refractivity contribution in [1.29, 1.82) is 0 Å². The van der Waals surface area contributed by atoms with Gasteiger partial charge in [0.2, 0.25) is 0 Å². The molecule has 0 saturated carbocycles. The van der Waals surface area contributed by atoms with E-state index in [4.69, 9.17) is 10.8 Å². The topological polar surface area (TPSA) is 116 Å². The van der Waals surface area contributed by atoms with Crippen LogP contribution in [0.1, 0.15) is 0 Å². The molecular weight excluding hydrogens is 329 g/mol. The third kappa shape index (κ3) is 3.61. The molecule has 0 spiro atoms. The number of hydrogen-bond acceptors (Lipinski definition) is 7. The molecule has 0 radical (unpaired) electrons. The van der Waals surface area contributed by atoms with Crippen molar-refractivity contribution in [3.05, 3.63) is 30.1 Å². The molecule has 1 aliphatic rings. The average Bonchev–Trinajstić information content (AvgIpc) is 2.58. The summed E-state index contributed by atoms with van der Waals surface area (Å²) in [5.41, 5.74) is 7.10. The Hall–Kier alpha value is -2.94. The summed E-state index contributed by atoms with van der Waals surface area (Å²) in [6.07, 6.45) is 0. The highest BCUT2D eigenvalue weighted by Gasteiger charge is 2.22. The summed E-state index contributed by atoms with van der Waals surface area (Å²) in [6, 6.07) is 5.84.